The molecule has 2 unspecified atom stereocenters. The van der Waals surface area contributed by atoms with Crippen LogP contribution in [0.25, 0.3) is 5.69 Å². The molecule has 0 radical (unpaired) electrons. The number of halogens is 1. The molecular formula is C31H25ClN4OS. The highest BCUT2D eigenvalue weighted by molar-refractivity contribution is 7.80. The molecule has 1 saturated heterocycles. The van der Waals surface area contributed by atoms with E-state index in [-0.39, 0.29) is 12.1 Å². The standard InChI is InChI=1S/C31H25ClN4OS/c1-21-20-23(14-17-26(21)32)35-19-7-11-28(35)30-29(27-10-5-6-18-33-27)34-31(38)36(30)22-12-15-25(16-13-22)37-24-8-3-2-4-9-24/h2-20,29-30H,1H3,(H,34,38). The molecule has 7 heteroatoms. The zero-order chi connectivity index (χ0) is 26.1. The summed E-state index contributed by atoms with van der Waals surface area (Å²) in [5.41, 5.74) is 5.03. The van der Waals surface area contributed by atoms with E-state index in [1.165, 1.54) is 0 Å². The van der Waals surface area contributed by atoms with Gasteiger partial charge in [-0.25, -0.2) is 0 Å². The molecule has 2 atom stereocenters. The van der Waals surface area contributed by atoms with Crippen molar-refractivity contribution in [1.29, 1.82) is 0 Å². The second kappa shape index (κ2) is 10.3. The molecule has 1 N–H and O–H groups in total. The van der Waals surface area contributed by atoms with Crippen LogP contribution in [0, 0.1) is 6.92 Å². The van der Waals surface area contributed by atoms with Crippen molar-refractivity contribution in [3.8, 4) is 17.2 Å². The van der Waals surface area contributed by atoms with Crippen molar-refractivity contribution in [2.24, 2.45) is 0 Å². The van der Waals surface area contributed by atoms with Crippen LogP contribution in [0.5, 0.6) is 11.5 Å². The lowest BCUT2D eigenvalue weighted by Gasteiger charge is -2.29. The van der Waals surface area contributed by atoms with Gasteiger partial charge < -0.3 is 19.5 Å². The lowest BCUT2D eigenvalue weighted by atomic mass is 10.0. The van der Waals surface area contributed by atoms with Gasteiger partial charge in [0, 0.05) is 34.5 Å². The Balaban J connectivity index is 1.41. The zero-order valence-electron chi connectivity index (χ0n) is 20.7. The second-order valence-electron chi connectivity index (χ2n) is 9.14. The van der Waals surface area contributed by atoms with E-state index in [2.05, 4.69) is 44.2 Å². The summed E-state index contributed by atoms with van der Waals surface area (Å²) in [5.74, 6) is 1.55. The van der Waals surface area contributed by atoms with E-state index in [0.29, 0.717) is 5.11 Å². The quantitative estimate of drug-likeness (QED) is 0.224. The first-order valence-corrected chi connectivity index (χ1v) is 13.1. The molecule has 2 aromatic heterocycles. The fraction of sp³-hybridized carbons (Fsp3) is 0.0968. The molecule has 5 nitrogen and oxygen atoms in total. The molecule has 3 heterocycles. The number of ether oxygens (including phenoxy) is 1. The molecule has 5 aromatic rings. The van der Waals surface area contributed by atoms with Gasteiger partial charge in [0.2, 0.25) is 0 Å². The van der Waals surface area contributed by atoms with Crippen molar-refractivity contribution in [3.63, 3.8) is 0 Å². The minimum atomic E-state index is -0.149. The van der Waals surface area contributed by atoms with Gasteiger partial charge in [-0.15, -0.1) is 0 Å². The van der Waals surface area contributed by atoms with Gasteiger partial charge in [-0.1, -0.05) is 35.9 Å². The molecule has 0 aliphatic carbocycles. The SMILES string of the molecule is Cc1cc(-n2cccc2C2C(c3ccccn3)NC(=S)N2c2ccc(Oc3ccccc3)cc2)ccc1Cl. The zero-order valence-corrected chi connectivity index (χ0v) is 22.2. The summed E-state index contributed by atoms with van der Waals surface area (Å²) in [5, 5.41) is 4.93. The first-order chi connectivity index (χ1) is 18.6. The highest BCUT2D eigenvalue weighted by Crippen LogP contribution is 2.42. The summed E-state index contributed by atoms with van der Waals surface area (Å²) in [6.45, 7) is 2.02. The van der Waals surface area contributed by atoms with Gasteiger partial charge in [0.25, 0.3) is 0 Å². The van der Waals surface area contributed by atoms with Gasteiger partial charge in [0.1, 0.15) is 17.5 Å². The molecular weight excluding hydrogens is 512 g/mol. The van der Waals surface area contributed by atoms with Crippen LogP contribution in [0.3, 0.4) is 0 Å². The number of benzene rings is 3. The van der Waals surface area contributed by atoms with E-state index in [9.17, 15) is 0 Å². The summed E-state index contributed by atoms with van der Waals surface area (Å²) in [6.07, 6.45) is 3.89. The van der Waals surface area contributed by atoms with Crippen LogP contribution in [0.4, 0.5) is 5.69 Å². The van der Waals surface area contributed by atoms with Gasteiger partial charge in [-0.2, -0.15) is 0 Å². The molecule has 1 aliphatic heterocycles. The van der Waals surface area contributed by atoms with Crippen LogP contribution in [0.15, 0.2) is 116 Å². The van der Waals surface area contributed by atoms with Gasteiger partial charge >= 0.3 is 0 Å². The predicted octanol–water partition coefficient (Wildman–Crippen LogP) is 7.80. The van der Waals surface area contributed by atoms with Gasteiger partial charge in [0.15, 0.2) is 5.11 Å². The van der Waals surface area contributed by atoms with Crippen LogP contribution in [0.1, 0.15) is 29.0 Å². The Hall–Kier alpha value is -4.13. The van der Waals surface area contributed by atoms with Crippen molar-refractivity contribution in [2.45, 2.75) is 19.0 Å². The Bertz CT molecular complexity index is 1570. The fourth-order valence-corrected chi connectivity index (χ4v) is 5.35. The average Bonchev–Trinajstić information content (AvgIpc) is 3.56. The van der Waals surface area contributed by atoms with Crippen molar-refractivity contribution >= 4 is 34.6 Å². The first kappa shape index (κ1) is 24.2. The number of rotatable bonds is 6. The predicted molar refractivity (Wildman–Crippen MR) is 156 cm³/mol. The van der Waals surface area contributed by atoms with Gasteiger partial charge in [0.05, 0.1) is 11.7 Å². The molecule has 1 aliphatic rings. The maximum Gasteiger partial charge on any atom is 0.174 e. The van der Waals surface area contributed by atoms with Crippen molar-refractivity contribution in [1.82, 2.24) is 14.9 Å². The number of nitrogens with zero attached hydrogens (tertiary/aromatic N) is 3. The van der Waals surface area contributed by atoms with E-state index >= 15 is 0 Å². The van der Waals surface area contributed by atoms with Crippen molar-refractivity contribution < 1.29 is 4.74 Å². The number of hydrogen-bond donors (Lipinski definition) is 1. The molecule has 0 bridgehead atoms. The number of thiocarbonyl (C=S) groups is 1. The minimum absolute atomic E-state index is 0.147. The lowest BCUT2D eigenvalue weighted by Crippen LogP contribution is -2.30. The monoisotopic (exact) mass is 536 g/mol. The van der Waals surface area contributed by atoms with E-state index in [1.54, 1.807) is 0 Å². The third-order valence-corrected chi connectivity index (χ3v) is 7.43. The number of hydrogen-bond acceptors (Lipinski definition) is 3. The number of para-hydroxylation sites is 1. The van der Waals surface area contributed by atoms with Crippen LogP contribution < -0.4 is 15.0 Å². The Kier molecular flexibility index (Phi) is 6.58. The smallest absolute Gasteiger partial charge is 0.174 e. The Morgan fingerprint density at radius 2 is 1.58 bits per heavy atom. The van der Waals surface area contributed by atoms with Crippen LogP contribution in [-0.2, 0) is 0 Å². The number of anilines is 1. The number of nitrogens with one attached hydrogen (secondary N) is 1. The molecule has 6 rings (SSSR count). The number of aromatic nitrogens is 2. The summed E-state index contributed by atoms with van der Waals surface area (Å²) in [7, 11) is 0. The van der Waals surface area contributed by atoms with Gasteiger partial charge in [-0.05, 0) is 104 Å². The second-order valence-corrected chi connectivity index (χ2v) is 9.94. The molecule has 3 aromatic carbocycles. The summed E-state index contributed by atoms with van der Waals surface area (Å²) in [6, 6.07) is 33.7. The van der Waals surface area contributed by atoms with Crippen LogP contribution in [0.2, 0.25) is 5.02 Å². The average molecular weight is 537 g/mol. The topological polar surface area (TPSA) is 42.3 Å². The van der Waals surface area contributed by atoms with E-state index < -0.39 is 0 Å². The normalized spacial score (nSPS) is 16.9. The molecule has 38 heavy (non-hydrogen) atoms. The highest BCUT2D eigenvalue weighted by Gasteiger charge is 2.42. The van der Waals surface area contributed by atoms with E-state index in [1.807, 2.05) is 98.0 Å². The molecule has 0 saturated carbocycles. The van der Waals surface area contributed by atoms with E-state index in [4.69, 9.17) is 28.6 Å². The molecule has 0 amide bonds. The number of pyridine rings is 1. The fourth-order valence-electron chi connectivity index (χ4n) is 4.88. The van der Waals surface area contributed by atoms with E-state index in [0.717, 1.165) is 44.8 Å². The highest BCUT2D eigenvalue weighted by atomic mass is 35.5. The third kappa shape index (κ3) is 4.64. The number of aryl methyl sites for hydroxylation is 1. The molecule has 188 valence electrons. The van der Waals surface area contributed by atoms with Crippen LogP contribution in [-0.4, -0.2) is 14.7 Å². The third-order valence-electron chi connectivity index (χ3n) is 6.69. The lowest BCUT2D eigenvalue weighted by molar-refractivity contribution is 0.482. The van der Waals surface area contributed by atoms with Crippen molar-refractivity contribution in [3.05, 3.63) is 137 Å². The van der Waals surface area contributed by atoms with Gasteiger partial charge in [-0.3, -0.25) is 4.98 Å². The van der Waals surface area contributed by atoms with Crippen LogP contribution >= 0.6 is 23.8 Å². The molecule has 0 spiro atoms. The molecule has 1 fully saturated rings. The van der Waals surface area contributed by atoms with Crippen molar-refractivity contribution in [2.75, 3.05) is 4.90 Å². The maximum absolute atomic E-state index is 6.34. The summed E-state index contributed by atoms with van der Waals surface area (Å²) < 4.78 is 8.21. The maximum atomic E-state index is 6.34. The Labute approximate surface area is 232 Å². The summed E-state index contributed by atoms with van der Waals surface area (Å²) in [4.78, 5) is 6.84. The summed E-state index contributed by atoms with van der Waals surface area (Å²) >= 11 is 12.3. The minimum Gasteiger partial charge on any atom is -0.457 e. The first-order valence-electron chi connectivity index (χ1n) is 12.4. The Morgan fingerprint density at radius 1 is 0.842 bits per heavy atom. The Morgan fingerprint density at radius 3 is 2.32 bits per heavy atom. The largest absolute Gasteiger partial charge is 0.457 e.